The van der Waals surface area contributed by atoms with Gasteiger partial charge in [-0.05, 0) is 37.5 Å². The Labute approximate surface area is 70.7 Å². The molecule has 0 nitrogen and oxygen atoms in total. The first kappa shape index (κ1) is 8.83. The van der Waals surface area contributed by atoms with Crippen LogP contribution in [0.2, 0.25) is 0 Å². The minimum Gasteiger partial charge on any atom is -0.0882 e. The molecule has 1 aliphatic rings. The molecule has 0 bridgehead atoms. The monoisotopic (exact) mass is 151 g/mol. The second-order valence-electron chi connectivity index (χ2n) is 3.57. The van der Waals surface area contributed by atoms with Gasteiger partial charge in [-0.1, -0.05) is 32.4 Å². The molecule has 0 heterocycles. The molecule has 0 amide bonds. The second-order valence-corrected chi connectivity index (χ2v) is 3.57. The van der Waals surface area contributed by atoms with E-state index in [0.717, 1.165) is 11.8 Å². The maximum atomic E-state index is 2.41. The fourth-order valence-electron chi connectivity index (χ4n) is 1.69. The maximum absolute atomic E-state index is 2.41. The van der Waals surface area contributed by atoms with Crippen LogP contribution in [0.25, 0.3) is 0 Å². The Morgan fingerprint density at radius 3 is 3.00 bits per heavy atom. The summed E-state index contributed by atoms with van der Waals surface area (Å²) in [6.07, 6.45) is 12.6. The minimum atomic E-state index is 0.768. The topological polar surface area (TPSA) is 0 Å². The Morgan fingerprint density at radius 1 is 1.45 bits per heavy atom. The van der Waals surface area contributed by atoms with Crippen molar-refractivity contribution in [1.82, 2.24) is 0 Å². The molecule has 0 spiro atoms. The van der Waals surface area contributed by atoms with Crippen LogP contribution in [0.15, 0.2) is 12.2 Å². The molecule has 0 fully saturated rings. The highest BCUT2D eigenvalue weighted by Gasteiger charge is 2.13. The Balaban J connectivity index is 2.41. The molecule has 11 heavy (non-hydrogen) atoms. The fourth-order valence-corrected chi connectivity index (χ4v) is 1.69. The van der Waals surface area contributed by atoms with Crippen molar-refractivity contribution in [3.8, 4) is 0 Å². The molecule has 0 saturated heterocycles. The van der Waals surface area contributed by atoms with Gasteiger partial charge in [-0.25, -0.2) is 0 Å². The van der Waals surface area contributed by atoms with Gasteiger partial charge in [0.2, 0.25) is 0 Å². The van der Waals surface area contributed by atoms with Crippen molar-refractivity contribution in [3.63, 3.8) is 0 Å². The largest absolute Gasteiger partial charge is 0.0882 e. The molecule has 2 atom stereocenters. The van der Waals surface area contributed by atoms with Crippen molar-refractivity contribution in [3.05, 3.63) is 18.6 Å². The van der Waals surface area contributed by atoms with Crippen molar-refractivity contribution >= 4 is 0 Å². The van der Waals surface area contributed by atoms with Crippen molar-refractivity contribution in [1.29, 1.82) is 0 Å². The van der Waals surface area contributed by atoms with E-state index >= 15 is 0 Å². The third-order valence-electron chi connectivity index (χ3n) is 2.74. The van der Waals surface area contributed by atoms with Crippen LogP contribution < -0.4 is 0 Å². The van der Waals surface area contributed by atoms with Crippen LogP contribution in [0.3, 0.4) is 0 Å². The predicted octanol–water partition coefficient (Wildman–Crippen LogP) is 3.59. The molecule has 0 heteroatoms. The smallest absolute Gasteiger partial charge is 0.0205 e. The van der Waals surface area contributed by atoms with Gasteiger partial charge in [-0.3, -0.25) is 0 Å². The molecule has 0 N–H and O–H groups in total. The van der Waals surface area contributed by atoms with Gasteiger partial charge < -0.3 is 0 Å². The Kier molecular flexibility index (Phi) is 3.68. The molecule has 0 saturated carbocycles. The third kappa shape index (κ3) is 2.69. The summed E-state index contributed by atoms with van der Waals surface area (Å²) in [5, 5.41) is 0. The van der Waals surface area contributed by atoms with Crippen molar-refractivity contribution in [2.45, 2.75) is 39.5 Å². The van der Waals surface area contributed by atoms with Crippen molar-refractivity contribution < 1.29 is 0 Å². The lowest BCUT2D eigenvalue weighted by atomic mass is 9.88. The normalized spacial score (nSPS) is 28.0. The summed E-state index contributed by atoms with van der Waals surface area (Å²) in [4.78, 5) is 0. The van der Waals surface area contributed by atoms with Gasteiger partial charge in [0.15, 0.2) is 0 Å². The quantitative estimate of drug-likeness (QED) is 0.529. The summed E-state index contributed by atoms with van der Waals surface area (Å²) in [6, 6.07) is 0. The fraction of sp³-hybridized carbons (Fsp3) is 0.727. The van der Waals surface area contributed by atoms with E-state index in [1.807, 2.05) is 0 Å². The molecule has 0 aliphatic heterocycles. The molecule has 0 aromatic carbocycles. The number of hydrogen-bond donors (Lipinski definition) is 0. The van der Waals surface area contributed by atoms with Gasteiger partial charge in [0.25, 0.3) is 0 Å². The predicted molar refractivity (Wildman–Crippen MR) is 50.2 cm³/mol. The van der Waals surface area contributed by atoms with Gasteiger partial charge in [0.05, 0.1) is 0 Å². The van der Waals surface area contributed by atoms with E-state index in [1.54, 1.807) is 0 Å². The minimum absolute atomic E-state index is 0.768. The third-order valence-corrected chi connectivity index (χ3v) is 2.74. The standard InChI is InChI=1S/C11H19/c1-3-10(2)11-8-6-4-5-7-9-11/h3,6,8,10-11H,4-5,7,9H2,1-2H3. The summed E-state index contributed by atoms with van der Waals surface area (Å²) < 4.78 is 0. The molecule has 63 valence electrons. The zero-order chi connectivity index (χ0) is 8.10. The molecule has 0 aromatic rings. The van der Waals surface area contributed by atoms with Crippen LogP contribution in [-0.4, -0.2) is 0 Å². The summed E-state index contributed by atoms with van der Waals surface area (Å²) in [6.45, 7) is 4.49. The van der Waals surface area contributed by atoms with E-state index in [0.29, 0.717) is 0 Å². The van der Waals surface area contributed by atoms with Crippen LogP contribution >= 0.6 is 0 Å². The van der Waals surface area contributed by atoms with E-state index < -0.39 is 0 Å². The number of rotatable bonds is 2. The van der Waals surface area contributed by atoms with Crippen LogP contribution in [0.1, 0.15) is 39.5 Å². The highest BCUT2D eigenvalue weighted by molar-refractivity contribution is 4.95. The van der Waals surface area contributed by atoms with Gasteiger partial charge in [0, 0.05) is 0 Å². The summed E-state index contributed by atoms with van der Waals surface area (Å²) in [5.74, 6) is 1.59. The molecule has 1 radical (unpaired) electrons. The van der Waals surface area contributed by atoms with E-state index in [1.165, 1.54) is 25.7 Å². The van der Waals surface area contributed by atoms with E-state index in [4.69, 9.17) is 0 Å². The van der Waals surface area contributed by atoms with Crippen LogP contribution in [0.4, 0.5) is 0 Å². The molecular weight excluding hydrogens is 132 g/mol. The lowest BCUT2D eigenvalue weighted by Crippen LogP contribution is -2.07. The van der Waals surface area contributed by atoms with Crippen LogP contribution in [0, 0.1) is 18.3 Å². The zero-order valence-electron chi connectivity index (χ0n) is 7.72. The van der Waals surface area contributed by atoms with E-state index in [2.05, 4.69) is 32.4 Å². The lowest BCUT2D eigenvalue weighted by Gasteiger charge is -2.17. The highest BCUT2D eigenvalue weighted by Crippen LogP contribution is 2.25. The number of allylic oxidation sites excluding steroid dienone is 2. The van der Waals surface area contributed by atoms with Crippen LogP contribution in [-0.2, 0) is 0 Å². The molecular formula is C11H19. The lowest BCUT2D eigenvalue weighted by molar-refractivity contribution is 0.442. The van der Waals surface area contributed by atoms with E-state index in [-0.39, 0.29) is 0 Å². The highest BCUT2D eigenvalue weighted by atomic mass is 14.2. The van der Waals surface area contributed by atoms with Crippen LogP contribution in [0.5, 0.6) is 0 Å². The van der Waals surface area contributed by atoms with Gasteiger partial charge >= 0.3 is 0 Å². The first-order valence-electron chi connectivity index (χ1n) is 4.80. The summed E-state index contributed by atoms with van der Waals surface area (Å²) in [7, 11) is 0. The van der Waals surface area contributed by atoms with Crippen molar-refractivity contribution in [2.24, 2.45) is 11.8 Å². The maximum Gasteiger partial charge on any atom is -0.0205 e. The summed E-state index contributed by atoms with van der Waals surface area (Å²) >= 11 is 0. The molecule has 2 unspecified atom stereocenters. The Morgan fingerprint density at radius 2 is 2.27 bits per heavy atom. The van der Waals surface area contributed by atoms with Gasteiger partial charge in [-0.2, -0.15) is 0 Å². The van der Waals surface area contributed by atoms with Gasteiger partial charge in [-0.15, -0.1) is 0 Å². The van der Waals surface area contributed by atoms with Gasteiger partial charge in [0.1, 0.15) is 0 Å². The van der Waals surface area contributed by atoms with E-state index in [9.17, 15) is 0 Å². The average Bonchev–Trinajstić information content (AvgIpc) is 2.30. The van der Waals surface area contributed by atoms with Crippen molar-refractivity contribution in [2.75, 3.05) is 0 Å². The second kappa shape index (κ2) is 4.58. The molecule has 1 aliphatic carbocycles. The zero-order valence-corrected chi connectivity index (χ0v) is 7.72. The summed E-state index contributed by atoms with van der Waals surface area (Å²) in [5.41, 5.74) is 0. The molecule has 1 rings (SSSR count). The average molecular weight is 151 g/mol. The molecule has 0 aromatic heterocycles. The first-order valence-corrected chi connectivity index (χ1v) is 4.80. The number of hydrogen-bond acceptors (Lipinski definition) is 0. The SMILES string of the molecule is C[CH]C(C)C1C=CCCCC1. The Bertz CT molecular complexity index is 124. The Hall–Kier alpha value is -0.260. The first-order chi connectivity index (χ1) is 5.34.